The van der Waals surface area contributed by atoms with E-state index in [1.54, 1.807) is 22.8 Å². The van der Waals surface area contributed by atoms with Crippen molar-refractivity contribution in [2.45, 2.75) is 26.3 Å². The smallest absolute Gasteiger partial charge is 0.408 e. The monoisotopic (exact) mass is 501 g/mol. The zero-order valence-corrected chi connectivity index (χ0v) is 19.9. The lowest BCUT2D eigenvalue weighted by molar-refractivity contribution is 0.101. The standard InChI is InChI=1S/C23H25F2N3O3.2ClH/c1-16(29)17-4-6-21-22(14-17)31-23(30)28(21)9-3-2-8-26-10-12-27(13-11-26)20-7-5-18(24)15-19(20)25;;/h4-7,14-15H,2-3,8-13H2,1H3;2*1H. The Balaban J connectivity index is 0.00000193. The molecule has 6 nitrogen and oxygen atoms in total. The Kier molecular flexibility index (Phi) is 9.46. The van der Waals surface area contributed by atoms with Crippen LogP contribution in [0.15, 0.2) is 45.6 Å². The molecule has 0 radical (unpaired) electrons. The largest absolute Gasteiger partial charge is 0.419 e. The molecule has 0 unspecified atom stereocenters. The van der Waals surface area contributed by atoms with Gasteiger partial charge in [0.15, 0.2) is 11.4 Å². The van der Waals surface area contributed by atoms with Gasteiger partial charge in [0.1, 0.15) is 11.6 Å². The van der Waals surface area contributed by atoms with Gasteiger partial charge in [0.25, 0.3) is 0 Å². The van der Waals surface area contributed by atoms with Crippen molar-refractivity contribution in [1.82, 2.24) is 9.47 Å². The SMILES string of the molecule is CC(=O)c1ccc2c(c1)oc(=O)n2CCCCN1CCN(c2ccc(F)cc2F)CC1.Cl.Cl. The van der Waals surface area contributed by atoms with Crippen molar-refractivity contribution in [2.75, 3.05) is 37.6 Å². The molecule has 0 amide bonds. The molecule has 1 saturated heterocycles. The fourth-order valence-electron chi connectivity index (χ4n) is 4.05. The topological polar surface area (TPSA) is 58.7 Å². The first-order valence-electron chi connectivity index (χ1n) is 10.5. The first-order chi connectivity index (χ1) is 14.9. The fourth-order valence-corrected chi connectivity index (χ4v) is 4.05. The van der Waals surface area contributed by atoms with Crippen LogP contribution in [0.1, 0.15) is 30.1 Å². The van der Waals surface area contributed by atoms with E-state index in [9.17, 15) is 18.4 Å². The molecule has 0 spiro atoms. The highest BCUT2D eigenvalue weighted by molar-refractivity contribution is 5.96. The Morgan fingerprint density at radius 2 is 1.67 bits per heavy atom. The number of carbonyl (C=O) groups is 1. The molecule has 1 aliphatic rings. The van der Waals surface area contributed by atoms with Crippen LogP contribution >= 0.6 is 24.8 Å². The van der Waals surface area contributed by atoms with Crippen LogP contribution in [0.2, 0.25) is 0 Å². The van der Waals surface area contributed by atoms with Crippen LogP contribution in [-0.4, -0.2) is 48.0 Å². The summed E-state index contributed by atoms with van der Waals surface area (Å²) in [5, 5.41) is 0. The number of rotatable bonds is 7. The van der Waals surface area contributed by atoms with Gasteiger partial charge in [0.2, 0.25) is 0 Å². The van der Waals surface area contributed by atoms with Crippen molar-refractivity contribution >= 4 is 47.4 Å². The van der Waals surface area contributed by atoms with Crippen LogP contribution in [0.25, 0.3) is 11.1 Å². The van der Waals surface area contributed by atoms with Gasteiger partial charge < -0.3 is 9.32 Å². The normalized spacial score (nSPS) is 14.1. The second-order valence-electron chi connectivity index (χ2n) is 7.89. The molecule has 1 aliphatic heterocycles. The summed E-state index contributed by atoms with van der Waals surface area (Å²) >= 11 is 0. The number of anilines is 1. The highest BCUT2D eigenvalue weighted by Gasteiger charge is 2.19. The Morgan fingerprint density at radius 1 is 0.970 bits per heavy atom. The number of hydrogen-bond donors (Lipinski definition) is 0. The summed E-state index contributed by atoms with van der Waals surface area (Å²) in [6, 6.07) is 8.77. The maximum atomic E-state index is 14.0. The number of ketones is 1. The minimum absolute atomic E-state index is 0. The predicted octanol–water partition coefficient (Wildman–Crippen LogP) is 4.52. The Hall–Kier alpha value is -2.42. The minimum Gasteiger partial charge on any atom is -0.408 e. The number of aryl methyl sites for hydroxylation is 1. The molecule has 1 aromatic heterocycles. The maximum Gasteiger partial charge on any atom is 0.419 e. The number of carbonyl (C=O) groups excluding carboxylic acids is 1. The lowest BCUT2D eigenvalue weighted by atomic mass is 10.1. The zero-order chi connectivity index (χ0) is 22.0. The number of unbranched alkanes of at least 4 members (excludes halogenated alkanes) is 1. The number of halogens is 4. The van der Waals surface area contributed by atoms with E-state index in [2.05, 4.69) is 4.90 Å². The molecule has 3 aromatic rings. The van der Waals surface area contributed by atoms with Gasteiger partial charge in [-0.25, -0.2) is 13.6 Å². The summed E-state index contributed by atoms with van der Waals surface area (Å²) in [7, 11) is 0. The third-order valence-electron chi connectivity index (χ3n) is 5.80. The highest BCUT2D eigenvalue weighted by Crippen LogP contribution is 2.22. The van der Waals surface area contributed by atoms with Crippen LogP contribution in [0.4, 0.5) is 14.5 Å². The fraction of sp³-hybridized carbons (Fsp3) is 0.391. The molecule has 0 atom stereocenters. The second-order valence-corrected chi connectivity index (χ2v) is 7.89. The van der Waals surface area contributed by atoms with Crippen LogP contribution in [0, 0.1) is 11.6 Å². The molecule has 0 bridgehead atoms. The molecule has 0 saturated carbocycles. The van der Waals surface area contributed by atoms with Crippen molar-refractivity contribution in [1.29, 1.82) is 0 Å². The number of fused-ring (bicyclic) bond motifs is 1. The molecule has 1 fully saturated rings. The van der Waals surface area contributed by atoms with Gasteiger partial charge in [0.05, 0.1) is 11.2 Å². The summed E-state index contributed by atoms with van der Waals surface area (Å²) in [4.78, 5) is 27.9. The summed E-state index contributed by atoms with van der Waals surface area (Å²) < 4.78 is 34.0. The van der Waals surface area contributed by atoms with Crippen LogP contribution in [0.3, 0.4) is 0 Å². The lowest BCUT2D eigenvalue weighted by Gasteiger charge is -2.36. The molecule has 180 valence electrons. The van der Waals surface area contributed by atoms with Gasteiger partial charge in [-0.1, -0.05) is 0 Å². The number of benzene rings is 2. The van der Waals surface area contributed by atoms with Gasteiger partial charge in [-0.3, -0.25) is 14.3 Å². The van der Waals surface area contributed by atoms with Crippen LogP contribution in [0.5, 0.6) is 0 Å². The summed E-state index contributed by atoms with van der Waals surface area (Å²) in [6.45, 7) is 5.90. The van der Waals surface area contributed by atoms with Crippen molar-refractivity contribution < 1.29 is 18.0 Å². The highest BCUT2D eigenvalue weighted by atomic mass is 35.5. The number of aromatic nitrogens is 1. The predicted molar refractivity (Wildman–Crippen MR) is 129 cm³/mol. The van der Waals surface area contributed by atoms with E-state index < -0.39 is 17.4 Å². The lowest BCUT2D eigenvalue weighted by Crippen LogP contribution is -2.47. The first-order valence-corrected chi connectivity index (χ1v) is 10.5. The van der Waals surface area contributed by atoms with Crippen LogP contribution < -0.4 is 10.7 Å². The molecule has 0 aliphatic carbocycles. The second kappa shape index (κ2) is 11.6. The zero-order valence-electron chi connectivity index (χ0n) is 18.3. The van der Waals surface area contributed by atoms with E-state index in [4.69, 9.17) is 4.42 Å². The molecule has 2 aromatic carbocycles. The summed E-state index contributed by atoms with van der Waals surface area (Å²) in [6.07, 6.45) is 1.73. The van der Waals surface area contributed by atoms with Crippen molar-refractivity contribution in [3.63, 3.8) is 0 Å². The van der Waals surface area contributed by atoms with E-state index in [1.165, 1.54) is 19.1 Å². The van der Waals surface area contributed by atoms with E-state index in [1.807, 2.05) is 4.90 Å². The minimum atomic E-state index is -0.566. The quantitative estimate of drug-likeness (QED) is 0.351. The third kappa shape index (κ3) is 6.13. The van der Waals surface area contributed by atoms with Gasteiger partial charge in [0, 0.05) is 44.4 Å². The van der Waals surface area contributed by atoms with Gasteiger partial charge in [-0.05, 0) is 56.6 Å². The number of piperazine rings is 1. The Bertz CT molecular complexity index is 1160. The van der Waals surface area contributed by atoms with Gasteiger partial charge in [-0.15, -0.1) is 24.8 Å². The summed E-state index contributed by atoms with van der Waals surface area (Å²) in [5.74, 6) is -1.57. The summed E-state index contributed by atoms with van der Waals surface area (Å²) in [5.41, 5.74) is 2.10. The average Bonchev–Trinajstić information content (AvgIpc) is 3.06. The molecular formula is C23H27Cl2F2N3O3. The number of nitrogens with zero attached hydrogens (tertiary/aromatic N) is 3. The number of hydrogen-bond acceptors (Lipinski definition) is 5. The van der Waals surface area contributed by atoms with E-state index in [0.717, 1.165) is 38.5 Å². The Morgan fingerprint density at radius 3 is 2.33 bits per heavy atom. The van der Waals surface area contributed by atoms with Crippen molar-refractivity contribution in [3.05, 3.63) is 64.1 Å². The van der Waals surface area contributed by atoms with Crippen molar-refractivity contribution in [3.8, 4) is 0 Å². The molecule has 0 N–H and O–H groups in total. The Labute approximate surface area is 203 Å². The van der Waals surface area contributed by atoms with Gasteiger partial charge in [-0.2, -0.15) is 0 Å². The third-order valence-corrected chi connectivity index (χ3v) is 5.80. The number of Topliss-reactive ketones (excluding diaryl/α,β-unsaturated/α-hetero) is 1. The number of oxazole rings is 1. The van der Waals surface area contributed by atoms with E-state index >= 15 is 0 Å². The maximum absolute atomic E-state index is 14.0. The molecule has 2 heterocycles. The van der Waals surface area contributed by atoms with Crippen LogP contribution in [-0.2, 0) is 6.54 Å². The molecule has 4 rings (SSSR count). The van der Waals surface area contributed by atoms with Gasteiger partial charge >= 0.3 is 5.76 Å². The molecule has 10 heteroatoms. The van der Waals surface area contributed by atoms with Crippen molar-refractivity contribution in [2.24, 2.45) is 0 Å². The van der Waals surface area contributed by atoms with E-state index in [-0.39, 0.29) is 30.6 Å². The first kappa shape index (κ1) is 26.8. The average molecular weight is 502 g/mol. The van der Waals surface area contributed by atoms with E-state index in [0.29, 0.717) is 42.0 Å². The molecule has 33 heavy (non-hydrogen) atoms. The molecular weight excluding hydrogens is 475 g/mol.